The van der Waals surface area contributed by atoms with Crippen LogP contribution in [0, 0.1) is 6.92 Å². The van der Waals surface area contributed by atoms with Gasteiger partial charge >= 0.3 is 0 Å². The topological polar surface area (TPSA) is 76.4 Å². The maximum absolute atomic E-state index is 5.90. The number of hydrogen-bond donors (Lipinski definition) is 2. The normalized spacial score (nSPS) is 12.1. The first-order valence-corrected chi connectivity index (χ1v) is 9.75. The van der Waals surface area contributed by atoms with Crippen molar-refractivity contribution < 1.29 is 4.74 Å². The second-order valence-corrected chi connectivity index (χ2v) is 6.99. The lowest BCUT2D eigenvalue weighted by atomic mass is 10.3. The van der Waals surface area contributed by atoms with Crippen LogP contribution in [-0.4, -0.2) is 40.2 Å². The lowest BCUT2D eigenvalue weighted by Crippen LogP contribution is -2.41. The molecule has 9 heteroatoms. The number of aryl methyl sites for hydroxylation is 1. The molecule has 0 aliphatic rings. The highest BCUT2D eigenvalue weighted by Gasteiger charge is 2.07. The first-order valence-electron chi connectivity index (χ1n) is 9.37. The van der Waals surface area contributed by atoms with E-state index in [1.54, 1.807) is 13.2 Å². The monoisotopic (exact) mass is 540 g/mol. The number of rotatable bonds is 7. The lowest BCUT2D eigenvalue weighted by molar-refractivity contribution is 0.224. The molecule has 0 aliphatic carbocycles. The van der Waals surface area contributed by atoms with Gasteiger partial charge in [0.1, 0.15) is 23.5 Å². The highest BCUT2D eigenvalue weighted by Crippen LogP contribution is 2.16. The molecule has 0 saturated carbocycles. The largest absolute Gasteiger partial charge is 0.489 e. The molecule has 1 unspecified atom stereocenters. The highest BCUT2D eigenvalue weighted by atomic mass is 127. The molecular weight excluding hydrogens is 515 g/mol. The number of halogens is 2. The third-order valence-electron chi connectivity index (χ3n) is 4.27. The quantitative estimate of drug-likeness (QED) is 0.269. The number of imidazole rings is 1. The molecule has 30 heavy (non-hydrogen) atoms. The van der Waals surface area contributed by atoms with Gasteiger partial charge in [-0.15, -0.1) is 24.0 Å². The van der Waals surface area contributed by atoms with Crippen LogP contribution in [-0.2, 0) is 6.54 Å². The fourth-order valence-corrected chi connectivity index (χ4v) is 2.84. The second kappa shape index (κ2) is 11.8. The summed E-state index contributed by atoms with van der Waals surface area (Å²) in [4.78, 5) is 13.0. The summed E-state index contributed by atoms with van der Waals surface area (Å²) in [6.07, 6.45) is 5.48. The van der Waals surface area contributed by atoms with Crippen LogP contribution < -0.4 is 15.4 Å². The van der Waals surface area contributed by atoms with Crippen molar-refractivity contribution in [1.82, 2.24) is 25.2 Å². The van der Waals surface area contributed by atoms with Gasteiger partial charge in [0.2, 0.25) is 0 Å². The summed E-state index contributed by atoms with van der Waals surface area (Å²) in [6.45, 7) is 5.17. The van der Waals surface area contributed by atoms with Crippen molar-refractivity contribution in [2.75, 3.05) is 13.6 Å². The fourth-order valence-electron chi connectivity index (χ4n) is 2.72. The van der Waals surface area contributed by atoms with E-state index in [4.69, 9.17) is 16.3 Å². The Morgan fingerprint density at radius 1 is 1.17 bits per heavy atom. The second-order valence-electron chi connectivity index (χ2n) is 6.56. The van der Waals surface area contributed by atoms with Crippen molar-refractivity contribution in [3.8, 4) is 11.6 Å². The third kappa shape index (κ3) is 6.88. The van der Waals surface area contributed by atoms with E-state index in [-0.39, 0.29) is 30.1 Å². The molecule has 2 N–H and O–H groups in total. The summed E-state index contributed by atoms with van der Waals surface area (Å²) in [5.74, 6) is 3.24. The number of guanidine groups is 1. The van der Waals surface area contributed by atoms with E-state index >= 15 is 0 Å². The van der Waals surface area contributed by atoms with Crippen LogP contribution >= 0.6 is 35.6 Å². The van der Waals surface area contributed by atoms with E-state index in [2.05, 4.69) is 25.6 Å². The molecular formula is C21H26ClIN6O. The molecule has 2 heterocycles. The molecule has 0 bridgehead atoms. The molecule has 1 atom stereocenters. The van der Waals surface area contributed by atoms with Crippen molar-refractivity contribution in [3.05, 3.63) is 71.4 Å². The predicted octanol–water partition coefficient (Wildman–Crippen LogP) is 3.98. The van der Waals surface area contributed by atoms with E-state index in [1.807, 2.05) is 67.2 Å². The van der Waals surface area contributed by atoms with Gasteiger partial charge in [0, 0.05) is 37.2 Å². The van der Waals surface area contributed by atoms with Crippen molar-refractivity contribution >= 4 is 41.5 Å². The minimum atomic E-state index is -0.0332. The zero-order chi connectivity index (χ0) is 20.6. The molecule has 3 aromatic rings. The zero-order valence-electron chi connectivity index (χ0n) is 17.2. The molecule has 160 valence electrons. The third-order valence-corrected chi connectivity index (χ3v) is 4.53. The molecule has 0 amide bonds. The zero-order valence-corrected chi connectivity index (χ0v) is 20.3. The Morgan fingerprint density at radius 2 is 1.93 bits per heavy atom. The first-order chi connectivity index (χ1) is 14.0. The van der Waals surface area contributed by atoms with Gasteiger partial charge in [0.05, 0.1) is 6.54 Å². The summed E-state index contributed by atoms with van der Waals surface area (Å²) in [7, 11) is 1.74. The van der Waals surface area contributed by atoms with Crippen LogP contribution in [0.1, 0.15) is 18.3 Å². The minimum absolute atomic E-state index is 0. The SMILES string of the molecule is CN=C(NCc1ccc(-n2ccnc2C)nc1)NCC(C)Oc1ccc(Cl)cc1.I. The van der Waals surface area contributed by atoms with Crippen molar-refractivity contribution in [1.29, 1.82) is 0 Å². The minimum Gasteiger partial charge on any atom is -0.489 e. The average molecular weight is 541 g/mol. The van der Waals surface area contributed by atoms with Crippen LogP contribution in [0.4, 0.5) is 0 Å². The molecule has 0 aliphatic heterocycles. The Labute approximate surface area is 199 Å². The number of pyridine rings is 1. The molecule has 0 saturated heterocycles. The Kier molecular flexibility index (Phi) is 9.38. The number of nitrogens with one attached hydrogen (secondary N) is 2. The smallest absolute Gasteiger partial charge is 0.191 e. The van der Waals surface area contributed by atoms with Crippen molar-refractivity contribution in [2.24, 2.45) is 4.99 Å². The Bertz CT molecular complexity index is 943. The lowest BCUT2D eigenvalue weighted by Gasteiger charge is -2.18. The Morgan fingerprint density at radius 3 is 2.53 bits per heavy atom. The summed E-state index contributed by atoms with van der Waals surface area (Å²) in [5.41, 5.74) is 1.06. The van der Waals surface area contributed by atoms with E-state index in [0.717, 1.165) is 23.0 Å². The molecule has 3 rings (SSSR count). The maximum Gasteiger partial charge on any atom is 0.191 e. The number of hydrogen-bond acceptors (Lipinski definition) is 4. The number of benzene rings is 1. The van der Waals surface area contributed by atoms with Gasteiger partial charge in [-0.1, -0.05) is 17.7 Å². The predicted molar refractivity (Wildman–Crippen MR) is 131 cm³/mol. The summed E-state index contributed by atoms with van der Waals surface area (Å²) < 4.78 is 7.81. The Hall–Kier alpha value is -2.33. The highest BCUT2D eigenvalue weighted by molar-refractivity contribution is 14.0. The van der Waals surface area contributed by atoms with E-state index < -0.39 is 0 Å². The van der Waals surface area contributed by atoms with E-state index in [0.29, 0.717) is 24.1 Å². The number of aliphatic imine (C=N–C) groups is 1. The van der Waals surface area contributed by atoms with Crippen LogP contribution in [0.25, 0.3) is 5.82 Å². The van der Waals surface area contributed by atoms with Gasteiger partial charge in [-0.05, 0) is 49.7 Å². The van der Waals surface area contributed by atoms with Gasteiger partial charge in [-0.25, -0.2) is 9.97 Å². The fraction of sp³-hybridized carbons (Fsp3) is 0.286. The average Bonchev–Trinajstić information content (AvgIpc) is 3.16. The van der Waals surface area contributed by atoms with Crippen LogP contribution in [0.5, 0.6) is 5.75 Å². The van der Waals surface area contributed by atoms with Crippen molar-refractivity contribution in [2.45, 2.75) is 26.5 Å². The van der Waals surface area contributed by atoms with Gasteiger partial charge < -0.3 is 15.4 Å². The standard InChI is InChI=1S/C21H25ClN6O.HI/c1-15(29-19-7-5-18(22)6-8-19)12-26-21(23-3)27-14-17-4-9-20(25-13-17)28-11-10-24-16(28)2;/h4-11,13,15H,12,14H2,1-3H3,(H2,23,26,27);1H. The van der Waals surface area contributed by atoms with Crippen molar-refractivity contribution in [3.63, 3.8) is 0 Å². The molecule has 0 spiro atoms. The molecule has 7 nitrogen and oxygen atoms in total. The number of ether oxygens (including phenoxy) is 1. The van der Waals surface area contributed by atoms with Gasteiger partial charge in [0.15, 0.2) is 5.96 Å². The van der Waals surface area contributed by atoms with E-state index in [1.165, 1.54) is 0 Å². The van der Waals surface area contributed by atoms with Crippen LogP contribution in [0.2, 0.25) is 5.02 Å². The first kappa shape index (κ1) is 23.9. The molecule has 1 aromatic carbocycles. The molecule has 0 fully saturated rings. The van der Waals surface area contributed by atoms with Crippen LogP contribution in [0.3, 0.4) is 0 Å². The van der Waals surface area contributed by atoms with Gasteiger partial charge in [-0.3, -0.25) is 9.56 Å². The van der Waals surface area contributed by atoms with Crippen LogP contribution in [0.15, 0.2) is 60.0 Å². The number of aromatic nitrogens is 3. The number of nitrogens with zero attached hydrogens (tertiary/aromatic N) is 4. The van der Waals surface area contributed by atoms with Gasteiger partial charge in [0.25, 0.3) is 0 Å². The molecule has 0 radical (unpaired) electrons. The Balaban J connectivity index is 0.00000320. The summed E-state index contributed by atoms with van der Waals surface area (Å²) in [6, 6.07) is 11.3. The summed E-state index contributed by atoms with van der Waals surface area (Å²) >= 11 is 5.90. The van der Waals surface area contributed by atoms with E-state index in [9.17, 15) is 0 Å². The molecule has 2 aromatic heterocycles. The summed E-state index contributed by atoms with van der Waals surface area (Å²) in [5, 5.41) is 7.24. The maximum atomic E-state index is 5.90. The van der Waals surface area contributed by atoms with Gasteiger partial charge in [-0.2, -0.15) is 0 Å².